The first kappa shape index (κ1) is 10.1. The third kappa shape index (κ3) is 1.33. The number of hydrogen-bond acceptors (Lipinski definition) is 3. The minimum absolute atomic E-state index is 0.607. The van der Waals surface area contributed by atoms with E-state index in [0.29, 0.717) is 12.0 Å². The molecule has 0 fully saturated rings. The zero-order valence-electron chi connectivity index (χ0n) is 9.26. The van der Waals surface area contributed by atoms with Gasteiger partial charge in [-0.25, -0.2) is 0 Å². The van der Waals surface area contributed by atoms with Gasteiger partial charge < -0.3 is 5.11 Å². The van der Waals surface area contributed by atoms with E-state index in [1.165, 1.54) is 0 Å². The summed E-state index contributed by atoms with van der Waals surface area (Å²) in [6, 6.07) is 2.16. The van der Waals surface area contributed by atoms with Gasteiger partial charge in [-0.1, -0.05) is 0 Å². The zero-order valence-corrected chi connectivity index (χ0v) is 9.26. The fourth-order valence-electron chi connectivity index (χ4n) is 2.47. The lowest BCUT2D eigenvalue weighted by atomic mass is 9.92. The summed E-state index contributed by atoms with van der Waals surface area (Å²) in [5, 5.41) is 19.2. The average molecular weight is 202 g/mol. The van der Waals surface area contributed by atoms with Gasteiger partial charge in [-0.15, -0.1) is 0 Å². The van der Waals surface area contributed by atoms with Crippen molar-refractivity contribution in [2.24, 2.45) is 0 Å². The van der Waals surface area contributed by atoms with Crippen molar-refractivity contribution >= 4 is 0 Å². The zero-order chi connectivity index (χ0) is 11.2. The van der Waals surface area contributed by atoms with Gasteiger partial charge >= 0.3 is 0 Å². The molecule has 1 atom stereocenters. The van der Waals surface area contributed by atoms with E-state index in [1.807, 2.05) is 13.8 Å². The lowest BCUT2D eigenvalue weighted by molar-refractivity contribution is 0.0588. The highest BCUT2D eigenvalue weighted by atomic mass is 16.3. The first-order valence-electron chi connectivity index (χ1n) is 5.10. The van der Waals surface area contributed by atoms with Gasteiger partial charge in [0.15, 0.2) is 0 Å². The molecule has 1 N–H and O–H groups in total. The van der Waals surface area contributed by atoms with Gasteiger partial charge in [0.2, 0.25) is 0 Å². The standard InChI is InChI=1S/C12H14N2O/c1-7-9(6-13)8(2)14-10-4-5-12(3,15)11(7)10/h15H,4-5H2,1-3H3. The van der Waals surface area contributed by atoms with Gasteiger partial charge in [-0.2, -0.15) is 5.26 Å². The predicted octanol–water partition coefficient (Wildman–Crippen LogP) is 1.72. The van der Waals surface area contributed by atoms with Crippen LogP contribution >= 0.6 is 0 Å². The van der Waals surface area contributed by atoms with E-state index in [4.69, 9.17) is 5.26 Å². The summed E-state index contributed by atoms with van der Waals surface area (Å²) in [5.74, 6) is 0. The van der Waals surface area contributed by atoms with Crippen LogP contribution in [0.4, 0.5) is 0 Å². The van der Waals surface area contributed by atoms with Crippen molar-refractivity contribution in [3.8, 4) is 6.07 Å². The molecule has 0 spiro atoms. The number of aliphatic hydroxyl groups is 1. The number of pyridine rings is 1. The molecular weight excluding hydrogens is 188 g/mol. The lowest BCUT2D eigenvalue weighted by Crippen LogP contribution is -2.19. The Bertz CT molecular complexity index is 469. The van der Waals surface area contributed by atoms with E-state index < -0.39 is 5.60 Å². The molecule has 0 bridgehead atoms. The maximum atomic E-state index is 10.2. The summed E-state index contributed by atoms with van der Waals surface area (Å²) >= 11 is 0. The van der Waals surface area contributed by atoms with Crippen molar-refractivity contribution in [2.75, 3.05) is 0 Å². The molecule has 1 unspecified atom stereocenters. The summed E-state index contributed by atoms with van der Waals surface area (Å²) in [5.41, 5.74) is 3.27. The Kier molecular flexibility index (Phi) is 2.06. The van der Waals surface area contributed by atoms with Crippen LogP contribution in [0.15, 0.2) is 0 Å². The number of nitrogens with zero attached hydrogens (tertiary/aromatic N) is 2. The first-order valence-corrected chi connectivity index (χ1v) is 5.10. The molecule has 1 heterocycles. The molecule has 15 heavy (non-hydrogen) atoms. The minimum atomic E-state index is -0.814. The van der Waals surface area contributed by atoms with E-state index in [9.17, 15) is 5.11 Å². The number of fused-ring (bicyclic) bond motifs is 1. The van der Waals surface area contributed by atoms with Crippen LogP contribution in [-0.2, 0) is 12.0 Å². The molecule has 3 nitrogen and oxygen atoms in total. The van der Waals surface area contributed by atoms with Crippen molar-refractivity contribution in [2.45, 2.75) is 39.2 Å². The third-order valence-electron chi connectivity index (χ3n) is 3.20. The fraction of sp³-hybridized carbons (Fsp3) is 0.500. The molecule has 1 aliphatic rings. The molecule has 1 aliphatic carbocycles. The highest BCUT2D eigenvalue weighted by molar-refractivity contribution is 5.50. The Morgan fingerprint density at radius 1 is 1.47 bits per heavy atom. The molecule has 0 aliphatic heterocycles. The first-order chi connectivity index (χ1) is 6.97. The molecule has 0 aromatic carbocycles. The number of aromatic nitrogens is 1. The fourth-order valence-corrected chi connectivity index (χ4v) is 2.47. The Morgan fingerprint density at radius 3 is 2.73 bits per heavy atom. The minimum Gasteiger partial charge on any atom is -0.385 e. The van der Waals surface area contributed by atoms with Crippen molar-refractivity contribution in [1.82, 2.24) is 4.98 Å². The van der Waals surface area contributed by atoms with Crippen LogP contribution < -0.4 is 0 Å². The molecule has 0 saturated carbocycles. The van der Waals surface area contributed by atoms with Crippen LogP contribution in [-0.4, -0.2) is 10.1 Å². The summed E-state index contributed by atoms with van der Waals surface area (Å²) in [7, 11) is 0. The van der Waals surface area contributed by atoms with E-state index in [-0.39, 0.29) is 0 Å². The van der Waals surface area contributed by atoms with Gasteiger partial charge in [-0.05, 0) is 39.2 Å². The normalized spacial score (nSPS) is 23.7. The van der Waals surface area contributed by atoms with Crippen molar-refractivity contribution < 1.29 is 5.11 Å². The smallest absolute Gasteiger partial charge is 0.101 e. The van der Waals surface area contributed by atoms with Gasteiger partial charge in [-0.3, -0.25) is 4.98 Å². The van der Waals surface area contributed by atoms with Crippen LogP contribution in [0.5, 0.6) is 0 Å². The maximum absolute atomic E-state index is 10.2. The van der Waals surface area contributed by atoms with Crippen molar-refractivity contribution in [3.63, 3.8) is 0 Å². The lowest BCUT2D eigenvalue weighted by Gasteiger charge is -2.20. The topological polar surface area (TPSA) is 56.9 Å². The Morgan fingerprint density at radius 2 is 2.13 bits per heavy atom. The molecule has 3 heteroatoms. The second kappa shape index (κ2) is 3.04. The van der Waals surface area contributed by atoms with E-state index in [2.05, 4.69) is 11.1 Å². The molecule has 0 amide bonds. The predicted molar refractivity (Wildman–Crippen MR) is 56.3 cm³/mol. The number of nitriles is 1. The van der Waals surface area contributed by atoms with Gasteiger partial charge in [0.25, 0.3) is 0 Å². The Hall–Kier alpha value is -1.40. The molecule has 78 valence electrons. The molecule has 2 rings (SSSR count). The molecular formula is C12H14N2O. The summed E-state index contributed by atoms with van der Waals surface area (Å²) in [4.78, 5) is 4.40. The van der Waals surface area contributed by atoms with E-state index in [1.54, 1.807) is 6.92 Å². The van der Waals surface area contributed by atoms with Crippen LogP contribution in [0, 0.1) is 25.2 Å². The van der Waals surface area contributed by atoms with Crippen LogP contribution in [0.1, 0.15) is 41.4 Å². The van der Waals surface area contributed by atoms with Gasteiger partial charge in [0, 0.05) is 11.3 Å². The quantitative estimate of drug-likeness (QED) is 0.697. The highest BCUT2D eigenvalue weighted by Crippen LogP contribution is 2.38. The second-order valence-electron chi connectivity index (χ2n) is 4.40. The number of aryl methyl sites for hydroxylation is 2. The van der Waals surface area contributed by atoms with Crippen LogP contribution in [0.3, 0.4) is 0 Å². The third-order valence-corrected chi connectivity index (χ3v) is 3.20. The highest BCUT2D eigenvalue weighted by Gasteiger charge is 2.35. The molecule has 0 radical (unpaired) electrons. The SMILES string of the molecule is Cc1nc2c(c(C)c1C#N)C(C)(O)CC2. The van der Waals surface area contributed by atoms with Crippen LogP contribution in [0.2, 0.25) is 0 Å². The summed E-state index contributed by atoms with van der Waals surface area (Å²) in [6.07, 6.45) is 1.50. The largest absolute Gasteiger partial charge is 0.385 e. The monoisotopic (exact) mass is 202 g/mol. The van der Waals surface area contributed by atoms with Crippen molar-refractivity contribution in [1.29, 1.82) is 5.26 Å². The molecule has 1 aromatic heterocycles. The van der Waals surface area contributed by atoms with Crippen LogP contribution in [0.25, 0.3) is 0 Å². The van der Waals surface area contributed by atoms with E-state index >= 15 is 0 Å². The molecule has 0 saturated heterocycles. The Balaban J connectivity index is 2.77. The number of rotatable bonds is 0. The second-order valence-corrected chi connectivity index (χ2v) is 4.40. The molecule has 1 aromatic rings. The van der Waals surface area contributed by atoms with Gasteiger partial charge in [0.05, 0.1) is 16.9 Å². The Labute approximate surface area is 89.4 Å². The van der Waals surface area contributed by atoms with E-state index in [0.717, 1.165) is 28.9 Å². The maximum Gasteiger partial charge on any atom is 0.101 e. The van der Waals surface area contributed by atoms with Crippen molar-refractivity contribution in [3.05, 3.63) is 28.1 Å². The van der Waals surface area contributed by atoms with Gasteiger partial charge in [0.1, 0.15) is 6.07 Å². The number of hydrogen-bond donors (Lipinski definition) is 1. The summed E-state index contributed by atoms with van der Waals surface area (Å²) in [6.45, 7) is 5.54. The summed E-state index contributed by atoms with van der Waals surface area (Å²) < 4.78 is 0. The average Bonchev–Trinajstić information content (AvgIpc) is 2.42.